The minimum Gasteiger partial charge on any atom is -0.258 e. The molecule has 112 valence electrons. The third-order valence-electron chi connectivity index (χ3n) is 3.42. The van der Waals surface area contributed by atoms with Gasteiger partial charge >= 0.3 is 0 Å². The Hall–Kier alpha value is -3.04. The highest BCUT2D eigenvalue weighted by atomic mass is 32.1. The molecule has 1 aromatic heterocycles. The van der Waals surface area contributed by atoms with Crippen molar-refractivity contribution >= 4 is 38.9 Å². The fourth-order valence-electron chi connectivity index (χ4n) is 2.18. The molecule has 5 nitrogen and oxygen atoms in total. The van der Waals surface area contributed by atoms with Crippen molar-refractivity contribution < 1.29 is 4.92 Å². The lowest BCUT2D eigenvalue weighted by atomic mass is 10.1. The van der Waals surface area contributed by atoms with E-state index < -0.39 is 4.92 Å². The van der Waals surface area contributed by atoms with Gasteiger partial charge in [-0.2, -0.15) is 5.26 Å². The summed E-state index contributed by atoms with van der Waals surface area (Å²) in [7, 11) is 0. The van der Waals surface area contributed by atoms with E-state index in [1.54, 1.807) is 12.1 Å². The van der Waals surface area contributed by atoms with Gasteiger partial charge in [-0.25, -0.2) is 4.98 Å². The number of rotatable bonds is 3. The molecule has 1 heterocycles. The van der Waals surface area contributed by atoms with E-state index in [-0.39, 0.29) is 5.69 Å². The minimum atomic E-state index is -0.444. The molecule has 0 aliphatic carbocycles. The van der Waals surface area contributed by atoms with Gasteiger partial charge in [-0.1, -0.05) is 18.2 Å². The van der Waals surface area contributed by atoms with Gasteiger partial charge in [0.15, 0.2) is 0 Å². The second-order valence-electron chi connectivity index (χ2n) is 4.95. The van der Waals surface area contributed by atoms with Crippen LogP contribution in [-0.2, 0) is 0 Å². The lowest BCUT2D eigenvalue weighted by molar-refractivity contribution is -0.384. The number of aromatic nitrogens is 1. The molecule has 0 saturated heterocycles. The standard InChI is InChI=1S/C17H11N3O2S/c1-11-6-7-14(20(21)22)9-12(11)8-13(10-18)17-19-15-4-2-3-5-16(15)23-17/h2-9H,1H3. The number of nitriles is 1. The Balaban J connectivity index is 2.10. The topological polar surface area (TPSA) is 79.8 Å². The van der Waals surface area contributed by atoms with E-state index in [1.807, 2.05) is 31.2 Å². The first kappa shape index (κ1) is 14.9. The maximum absolute atomic E-state index is 10.9. The van der Waals surface area contributed by atoms with Crippen LogP contribution in [0.4, 0.5) is 5.69 Å². The largest absolute Gasteiger partial charge is 0.270 e. The predicted molar refractivity (Wildman–Crippen MR) is 90.9 cm³/mol. The van der Waals surface area contributed by atoms with Gasteiger partial charge in [0.25, 0.3) is 5.69 Å². The second-order valence-corrected chi connectivity index (χ2v) is 5.99. The number of thiazole rings is 1. The lowest BCUT2D eigenvalue weighted by Crippen LogP contribution is -1.90. The van der Waals surface area contributed by atoms with Crippen LogP contribution in [-0.4, -0.2) is 9.91 Å². The summed E-state index contributed by atoms with van der Waals surface area (Å²) in [6.45, 7) is 1.85. The summed E-state index contributed by atoms with van der Waals surface area (Å²) in [6.07, 6.45) is 1.65. The van der Waals surface area contributed by atoms with Crippen molar-refractivity contribution in [2.45, 2.75) is 6.92 Å². The Morgan fingerprint density at radius 1 is 1.35 bits per heavy atom. The molecule has 0 aliphatic heterocycles. The number of non-ortho nitro benzene ring substituents is 1. The van der Waals surface area contributed by atoms with E-state index in [9.17, 15) is 15.4 Å². The molecule has 2 aromatic carbocycles. The number of nitrogens with zero attached hydrogens (tertiary/aromatic N) is 3. The summed E-state index contributed by atoms with van der Waals surface area (Å²) in [6, 6.07) is 14.4. The zero-order valence-electron chi connectivity index (χ0n) is 12.2. The second kappa shape index (κ2) is 5.99. The van der Waals surface area contributed by atoms with E-state index in [0.717, 1.165) is 15.8 Å². The van der Waals surface area contributed by atoms with Crippen LogP contribution in [0.15, 0.2) is 42.5 Å². The van der Waals surface area contributed by atoms with E-state index >= 15 is 0 Å². The van der Waals surface area contributed by atoms with Gasteiger partial charge in [0, 0.05) is 12.1 Å². The molecule has 0 unspecified atom stereocenters. The molecule has 0 fully saturated rings. The average molecular weight is 321 g/mol. The van der Waals surface area contributed by atoms with Crippen LogP contribution in [0, 0.1) is 28.4 Å². The summed E-state index contributed by atoms with van der Waals surface area (Å²) in [5.41, 5.74) is 2.75. The molecule has 0 atom stereocenters. The molecule has 6 heteroatoms. The number of hydrogen-bond acceptors (Lipinski definition) is 5. The van der Waals surface area contributed by atoms with Crippen LogP contribution in [0.1, 0.15) is 16.1 Å². The molecule has 0 radical (unpaired) electrons. The molecular formula is C17H11N3O2S. The van der Waals surface area contributed by atoms with E-state index in [0.29, 0.717) is 16.1 Å². The van der Waals surface area contributed by atoms with Gasteiger partial charge in [0.05, 0.1) is 20.7 Å². The lowest BCUT2D eigenvalue weighted by Gasteiger charge is -2.01. The molecule has 3 rings (SSSR count). The van der Waals surface area contributed by atoms with Crippen molar-refractivity contribution in [1.29, 1.82) is 5.26 Å². The summed E-state index contributed by atoms with van der Waals surface area (Å²) < 4.78 is 0.999. The normalized spacial score (nSPS) is 11.4. The molecule has 23 heavy (non-hydrogen) atoms. The minimum absolute atomic E-state index is 0.00318. The molecular weight excluding hydrogens is 310 g/mol. The number of allylic oxidation sites excluding steroid dienone is 1. The van der Waals surface area contributed by atoms with Gasteiger partial charge in [-0.05, 0) is 36.3 Å². The van der Waals surface area contributed by atoms with Crippen LogP contribution in [0.3, 0.4) is 0 Å². The number of nitro groups is 1. The van der Waals surface area contributed by atoms with Crippen molar-refractivity contribution in [3.05, 3.63) is 68.7 Å². The van der Waals surface area contributed by atoms with Crippen molar-refractivity contribution in [1.82, 2.24) is 4.98 Å². The fourth-order valence-corrected chi connectivity index (χ4v) is 3.11. The van der Waals surface area contributed by atoms with Crippen LogP contribution in [0.2, 0.25) is 0 Å². The molecule has 0 N–H and O–H groups in total. The van der Waals surface area contributed by atoms with Crippen molar-refractivity contribution in [2.24, 2.45) is 0 Å². The smallest absolute Gasteiger partial charge is 0.258 e. The van der Waals surface area contributed by atoms with Gasteiger partial charge in [0.1, 0.15) is 11.1 Å². The quantitative estimate of drug-likeness (QED) is 0.402. The van der Waals surface area contributed by atoms with Gasteiger partial charge in [-0.3, -0.25) is 10.1 Å². The highest BCUT2D eigenvalue weighted by molar-refractivity contribution is 7.19. The Morgan fingerprint density at radius 3 is 2.83 bits per heavy atom. The van der Waals surface area contributed by atoms with Crippen LogP contribution >= 0.6 is 11.3 Å². The van der Waals surface area contributed by atoms with Crippen molar-refractivity contribution in [2.75, 3.05) is 0 Å². The maximum atomic E-state index is 10.9. The summed E-state index contributed by atoms with van der Waals surface area (Å²) in [5.74, 6) is 0. The summed E-state index contributed by atoms with van der Waals surface area (Å²) in [4.78, 5) is 14.9. The molecule has 0 bridgehead atoms. The molecule has 0 amide bonds. The Labute approximate surface area is 136 Å². The van der Waals surface area contributed by atoms with Crippen LogP contribution in [0.25, 0.3) is 21.9 Å². The summed E-state index contributed by atoms with van der Waals surface area (Å²) >= 11 is 1.43. The van der Waals surface area contributed by atoms with Crippen molar-refractivity contribution in [3.8, 4) is 6.07 Å². The molecule has 0 spiro atoms. The highest BCUT2D eigenvalue weighted by Gasteiger charge is 2.11. The average Bonchev–Trinajstić information content (AvgIpc) is 2.97. The van der Waals surface area contributed by atoms with Crippen LogP contribution in [0.5, 0.6) is 0 Å². The number of benzene rings is 2. The van der Waals surface area contributed by atoms with E-state index in [2.05, 4.69) is 11.1 Å². The fraction of sp³-hybridized carbons (Fsp3) is 0.0588. The third-order valence-corrected chi connectivity index (χ3v) is 4.49. The number of nitro benzene ring substituents is 1. The monoisotopic (exact) mass is 321 g/mol. The molecule has 0 aliphatic rings. The number of para-hydroxylation sites is 1. The number of hydrogen-bond donors (Lipinski definition) is 0. The first-order valence-electron chi connectivity index (χ1n) is 6.81. The Kier molecular flexibility index (Phi) is 3.87. The van der Waals surface area contributed by atoms with E-state index in [1.165, 1.54) is 23.5 Å². The zero-order chi connectivity index (χ0) is 16.4. The summed E-state index contributed by atoms with van der Waals surface area (Å²) in [5, 5.41) is 21.0. The molecule has 3 aromatic rings. The number of fused-ring (bicyclic) bond motifs is 1. The zero-order valence-corrected chi connectivity index (χ0v) is 13.0. The van der Waals surface area contributed by atoms with Crippen molar-refractivity contribution in [3.63, 3.8) is 0 Å². The predicted octanol–water partition coefficient (Wildman–Crippen LogP) is 4.58. The highest BCUT2D eigenvalue weighted by Crippen LogP contribution is 2.29. The van der Waals surface area contributed by atoms with E-state index in [4.69, 9.17) is 0 Å². The molecule has 0 saturated carbocycles. The van der Waals surface area contributed by atoms with Gasteiger partial charge in [0.2, 0.25) is 0 Å². The number of aryl methyl sites for hydroxylation is 1. The maximum Gasteiger partial charge on any atom is 0.270 e. The Bertz CT molecular complexity index is 950. The van der Waals surface area contributed by atoms with Gasteiger partial charge < -0.3 is 0 Å². The van der Waals surface area contributed by atoms with Crippen LogP contribution < -0.4 is 0 Å². The Morgan fingerprint density at radius 2 is 2.13 bits per heavy atom. The third kappa shape index (κ3) is 2.96. The van der Waals surface area contributed by atoms with Gasteiger partial charge in [-0.15, -0.1) is 11.3 Å². The first-order chi connectivity index (χ1) is 11.1. The SMILES string of the molecule is Cc1ccc([N+](=O)[O-])cc1C=C(C#N)c1nc2ccccc2s1. The first-order valence-corrected chi connectivity index (χ1v) is 7.63.